The highest BCUT2D eigenvalue weighted by Crippen LogP contribution is 2.39. The van der Waals surface area contributed by atoms with E-state index in [1.54, 1.807) is 48.5 Å². The number of rotatable bonds is 8. The number of hydrogen-bond acceptors (Lipinski definition) is 5. The van der Waals surface area contributed by atoms with Crippen molar-refractivity contribution < 1.29 is 19.4 Å². The molecule has 0 fully saturated rings. The summed E-state index contributed by atoms with van der Waals surface area (Å²) in [5.41, 5.74) is 1.39. The van der Waals surface area contributed by atoms with Gasteiger partial charge in [-0.05, 0) is 36.2 Å². The Labute approximate surface area is 172 Å². The van der Waals surface area contributed by atoms with E-state index in [4.69, 9.17) is 16.3 Å². The van der Waals surface area contributed by atoms with Gasteiger partial charge in [0.1, 0.15) is 5.75 Å². The summed E-state index contributed by atoms with van der Waals surface area (Å²) in [5.74, 6) is 0.116. The molecule has 0 radical (unpaired) electrons. The molecule has 28 heavy (non-hydrogen) atoms. The Morgan fingerprint density at radius 3 is 2.54 bits per heavy atom. The van der Waals surface area contributed by atoms with E-state index in [0.717, 1.165) is 11.3 Å². The summed E-state index contributed by atoms with van der Waals surface area (Å²) < 4.78 is 5.63. The van der Waals surface area contributed by atoms with Crippen molar-refractivity contribution in [1.29, 1.82) is 0 Å². The SMILES string of the molecule is CCCOc1cccc(N2C(=O)C(SCCO)=C(c3ccc(Cl)cc3)C2=O)c1. The highest BCUT2D eigenvalue weighted by atomic mass is 35.5. The average molecular weight is 418 g/mol. The zero-order valence-electron chi connectivity index (χ0n) is 15.4. The van der Waals surface area contributed by atoms with Crippen molar-refractivity contribution in [3.8, 4) is 5.75 Å². The molecule has 3 rings (SSSR count). The van der Waals surface area contributed by atoms with Gasteiger partial charge in [0, 0.05) is 16.8 Å². The van der Waals surface area contributed by atoms with Crippen LogP contribution in [0.4, 0.5) is 5.69 Å². The molecule has 146 valence electrons. The first-order chi connectivity index (χ1) is 13.6. The van der Waals surface area contributed by atoms with Gasteiger partial charge in [-0.15, -0.1) is 11.8 Å². The monoisotopic (exact) mass is 417 g/mol. The first-order valence-corrected chi connectivity index (χ1v) is 10.3. The lowest BCUT2D eigenvalue weighted by molar-refractivity contribution is -0.119. The second-order valence-corrected chi connectivity index (χ2v) is 7.62. The fraction of sp³-hybridized carbons (Fsp3) is 0.238. The van der Waals surface area contributed by atoms with Gasteiger partial charge in [-0.25, -0.2) is 4.90 Å². The maximum atomic E-state index is 13.2. The molecule has 0 spiro atoms. The molecule has 0 unspecified atom stereocenters. The number of aliphatic hydroxyl groups is 1. The number of anilines is 1. The number of hydrogen-bond donors (Lipinski definition) is 1. The molecule has 1 heterocycles. The lowest BCUT2D eigenvalue weighted by Gasteiger charge is -2.16. The molecule has 2 amide bonds. The maximum absolute atomic E-state index is 13.2. The third kappa shape index (κ3) is 4.24. The molecule has 0 bridgehead atoms. The van der Waals surface area contributed by atoms with Crippen LogP contribution >= 0.6 is 23.4 Å². The molecular formula is C21H20ClNO4S. The predicted molar refractivity (Wildman–Crippen MR) is 113 cm³/mol. The minimum atomic E-state index is -0.402. The van der Waals surface area contributed by atoms with Gasteiger partial charge in [0.2, 0.25) is 0 Å². The Hall–Kier alpha value is -2.28. The van der Waals surface area contributed by atoms with Crippen LogP contribution in [-0.2, 0) is 9.59 Å². The fourth-order valence-electron chi connectivity index (χ4n) is 2.83. The minimum Gasteiger partial charge on any atom is -0.494 e. The van der Waals surface area contributed by atoms with Crippen molar-refractivity contribution in [3.63, 3.8) is 0 Å². The maximum Gasteiger partial charge on any atom is 0.272 e. The molecule has 1 aliphatic rings. The normalized spacial score (nSPS) is 14.2. The zero-order chi connectivity index (χ0) is 20.1. The van der Waals surface area contributed by atoms with Crippen molar-refractivity contribution in [2.75, 3.05) is 23.9 Å². The van der Waals surface area contributed by atoms with Crippen molar-refractivity contribution in [3.05, 3.63) is 64.0 Å². The van der Waals surface area contributed by atoms with E-state index in [0.29, 0.717) is 44.9 Å². The molecule has 1 N–H and O–H groups in total. The van der Waals surface area contributed by atoms with Gasteiger partial charge in [0.05, 0.1) is 29.4 Å². The number of carbonyl (C=O) groups excluding carboxylic acids is 2. The molecule has 7 heteroatoms. The van der Waals surface area contributed by atoms with Crippen LogP contribution in [0.15, 0.2) is 53.4 Å². The van der Waals surface area contributed by atoms with Gasteiger partial charge in [-0.3, -0.25) is 9.59 Å². The van der Waals surface area contributed by atoms with E-state index in [9.17, 15) is 14.7 Å². The van der Waals surface area contributed by atoms with Gasteiger partial charge in [0.25, 0.3) is 11.8 Å². The van der Waals surface area contributed by atoms with E-state index in [1.807, 2.05) is 6.92 Å². The Morgan fingerprint density at radius 2 is 1.86 bits per heavy atom. The Morgan fingerprint density at radius 1 is 1.11 bits per heavy atom. The van der Waals surface area contributed by atoms with Crippen molar-refractivity contribution in [2.45, 2.75) is 13.3 Å². The van der Waals surface area contributed by atoms with E-state index < -0.39 is 11.8 Å². The summed E-state index contributed by atoms with van der Waals surface area (Å²) in [6, 6.07) is 13.7. The van der Waals surface area contributed by atoms with Gasteiger partial charge in [0.15, 0.2) is 0 Å². The summed E-state index contributed by atoms with van der Waals surface area (Å²) in [7, 11) is 0. The third-order valence-corrected chi connectivity index (χ3v) is 5.37. The lowest BCUT2D eigenvalue weighted by atomic mass is 10.1. The molecule has 0 saturated heterocycles. The second-order valence-electron chi connectivity index (χ2n) is 6.07. The van der Waals surface area contributed by atoms with Crippen LogP contribution in [0.5, 0.6) is 5.75 Å². The van der Waals surface area contributed by atoms with Crippen LogP contribution in [0.3, 0.4) is 0 Å². The minimum absolute atomic E-state index is 0.0934. The number of carbonyl (C=O) groups is 2. The number of amides is 2. The lowest BCUT2D eigenvalue weighted by Crippen LogP contribution is -2.31. The van der Waals surface area contributed by atoms with Crippen molar-refractivity contribution >= 4 is 46.4 Å². The summed E-state index contributed by atoms with van der Waals surface area (Å²) in [6.07, 6.45) is 0.857. The third-order valence-electron chi connectivity index (χ3n) is 4.06. The van der Waals surface area contributed by atoms with Crippen LogP contribution in [0.2, 0.25) is 5.02 Å². The highest BCUT2D eigenvalue weighted by molar-refractivity contribution is 8.04. The molecule has 2 aromatic carbocycles. The van der Waals surface area contributed by atoms with Crippen LogP contribution in [0, 0.1) is 0 Å². The van der Waals surface area contributed by atoms with Crippen LogP contribution in [-0.4, -0.2) is 35.9 Å². The van der Waals surface area contributed by atoms with Crippen LogP contribution in [0.1, 0.15) is 18.9 Å². The quantitative estimate of drug-likeness (QED) is 0.654. The Bertz CT molecular complexity index is 911. The zero-order valence-corrected chi connectivity index (χ0v) is 16.9. The van der Waals surface area contributed by atoms with Gasteiger partial charge < -0.3 is 9.84 Å². The molecule has 1 aliphatic heterocycles. The molecule has 0 aliphatic carbocycles. The summed E-state index contributed by atoms with van der Waals surface area (Å²) in [4.78, 5) is 27.8. The van der Waals surface area contributed by atoms with E-state index >= 15 is 0 Å². The standard InChI is InChI=1S/C21H20ClNO4S/c1-2-11-27-17-5-3-4-16(13-17)23-20(25)18(14-6-8-15(22)9-7-14)19(21(23)26)28-12-10-24/h3-9,13,24H,2,10-12H2,1H3. The highest BCUT2D eigenvalue weighted by Gasteiger charge is 2.40. The molecule has 5 nitrogen and oxygen atoms in total. The van der Waals surface area contributed by atoms with Gasteiger partial charge in [-0.1, -0.05) is 36.7 Å². The largest absolute Gasteiger partial charge is 0.494 e. The van der Waals surface area contributed by atoms with Gasteiger partial charge in [-0.2, -0.15) is 0 Å². The molecule has 0 atom stereocenters. The van der Waals surface area contributed by atoms with Crippen molar-refractivity contribution in [2.24, 2.45) is 0 Å². The summed E-state index contributed by atoms with van der Waals surface area (Å²) in [6.45, 7) is 2.46. The molecule has 0 saturated carbocycles. The first-order valence-electron chi connectivity index (χ1n) is 8.92. The first kappa shape index (κ1) is 20.5. The Kier molecular flexibility index (Phi) is 6.78. The second kappa shape index (κ2) is 9.28. The summed E-state index contributed by atoms with van der Waals surface area (Å²) >= 11 is 7.13. The summed E-state index contributed by atoms with van der Waals surface area (Å²) in [5, 5.41) is 9.73. The van der Waals surface area contributed by atoms with Crippen LogP contribution < -0.4 is 9.64 Å². The smallest absolute Gasteiger partial charge is 0.272 e. The number of benzene rings is 2. The fourth-order valence-corrected chi connectivity index (χ4v) is 3.81. The number of thioether (sulfide) groups is 1. The molecule has 0 aromatic heterocycles. The number of aliphatic hydroxyl groups excluding tert-OH is 1. The van der Waals surface area contributed by atoms with Crippen LogP contribution in [0.25, 0.3) is 5.57 Å². The molecule has 2 aromatic rings. The molecular weight excluding hydrogens is 398 g/mol. The average Bonchev–Trinajstić information content (AvgIpc) is 2.95. The van der Waals surface area contributed by atoms with E-state index in [2.05, 4.69) is 0 Å². The number of imide groups is 1. The number of halogens is 1. The number of nitrogens with zero attached hydrogens (tertiary/aromatic N) is 1. The Balaban J connectivity index is 1.99. The van der Waals surface area contributed by atoms with Gasteiger partial charge >= 0.3 is 0 Å². The number of ether oxygens (including phenoxy) is 1. The van der Waals surface area contributed by atoms with Crippen molar-refractivity contribution in [1.82, 2.24) is 0 Å². The van der Waals surface area contributed by atoms with E-state index in [-0.39, 0.29) is 6.61 Å². The topological polar surface area (TPSA) is 66.8 Å². The van der Waals surface area contributed by atoms with E-state index in [1.165, 1.54) is 11.8 Å². The predicted octanol–water partition coefficient (Wildman–Crippen LogP) is 4.14.